The average Bonchev–Trinajstić information content (AvgIpc) is 2.56. The number of carbonyl (C=O) groups is 4. The van der Waals surface area contributed by atoms with E-state index >= 15 is 0 Å². The van der Waals surface area contributed by atoms with Gasteiger partial charge in [0.1, 0.15) is 11.8 Å². The highest BCUT2D eigenvalue weighted by molar-refractivity contribution is 5.91. The standard InChI is InChI=1S/C13H24N6O5.C2H6/c1-7(20)5-9(12(23)24)19-10(21)6-18-11(22)8(14)3-2-4-17-13(15)16;1-2/h8-9H,2-6,14H2,1H3,(H,18,22)(H,19,21)(H,23,24)(H4,15,16,17);1-2H3/t8-,9-;/m0./s1. The molecule has 0 spiro atoms. The van der Waals surface area contributed by atoms with Crippen molar-refractivity contribution in [3.05, 3.63) is 0 Å². The molecule has 26 heavy (non-hydrogen) atoms. The molecule has 0 saturated heterocycles. The largest absolute Gasteiger partial charge is 0.480 e. The normalized spacial score (nSPS) is 11.8. The van der Waals surface area contributed by atoms with Crippen LogP contribution in [-0.2, 0) is 19.2 Å². The molecule has 0 fully saturated rings. The van der Waals surface area contributed by atoms with Crippen LogP contribution in [0.2, 0.25) is 0 Å². The third-order valence-electron chi connectivity index (χ3n) is 2.85. The third kappa shape index (κ3) is 13.7. The van der Waals surface area contributed by atoms with Crippen LogP contribution < -0.4 is 27.8 Å². The van der Waals surface area contributed by atoms with Gasteiger partial charge in [-0.1, -0.05) is 13.8 Å². The first-order chi connectivity index (χ1) is 12.1. The summed E-state index contributed by atoms with van der Waals surface area (Å²) in [6, 6.07) is -2.18. The molecule has 0 aromatic carbocycles. The maximum atomic E-state index is 11.7. The molecule has 0 aliphatic carbocycles. The van der Waals surface area contributed by atoms with Crippen molar-refractivity contribution in [3.8, 4) is 0 Å². The highest BCUT2D eigenvalue weighted by atomic mass is 16.4. The maximum Gasteiger partial charge on any atom is 0.326 e. The van der Waals surface area contributed by atoms with Crippen LogP contribution in [0.5, 0.6) is 0 Å². The van der Waals surface area contributed by atoms with Gasteiger partial charge in [0.05, 0.1) is 12.6 Å². The molecule has 150 valence electrons. The Morgan fingerprint density at radius 3 is 2.19 bits per heavy atom. The second-order valence-corrected chi connectivity index (χ2v) is 5.14. The van der Waals surface area contributed by atoms with Gasteiger partial charge in [0, 0.05) is 13.0 Å². The molecule has 0 heterocycles. The quantitative estimate of drug-likeness (QED) is 0.136. The fourth-order valence-corrected chi connectivity index (χ4v) is 1.68. The predicted octanol–water partition coefficient (Wildman–Crippen LogP) is -1.94. The Kier molecular flexibility index (Phi) is 14.4. The molecule has 0 aliphatic rings. The van der Waals surface area contributed by atoms with Crippen molar-refractivity contribution in [3.63, 3.8) is 0 Å². The number of nitrogens with zero attached hydrogens (tertiary/aromatic N) is 1. The van der Waals surface area contributed by atoms with Gasteiger partial charge in [-0.05, 0) is 19.8 Å². The van der Waals surface area contributed by atoms with Crippen molar-refractivity contribution < 1.29 is 24.3 Å². The van der Waals surface area contributed by atoms with Gasteiger partial charge in [0.25, 0.3) is 0 Å². The molecule has 0 aliphatic heterocycles. The van der Waals surface area contributed by atoms with Crippen molar-refractivity contribution in [2.75, 3.05) is 13.1 Å². The lowest BCUT2D eigenvalue weighted by molar-refractivity contribution is -0.143. The molecular weight excluding hydrogens is 344 g/mol. The Morgan fingerprint density at radius 2 is 1.73 bits per heavy atom. The highest BCUT2D eigenvalue weighted by Crippen LogP contribution is 1.96. The van der Waals surface area contributed by atoms with Crippen LogP contribution in [0.1, 0.15) is 40.0 Å². The number of hydrogen-bond acceptors (Lipinski definition) is 6. The van der Waals surface area contributed by atoms with Crippen LogP contribution in [0.4, 0.5) is 0 Å². The van der Waals surface area contributed by atoms with E-state index in [4.69, 9.17) is 22.3 Å². The number of Topliss-reactive ketones (excluding diaryl/α,β-unsaturated/α-hetero) is 1. The zero-order valence-corrected chi connectivity index (χ0v) is 15.4. The summed E-state index contributed by atoms with van der Waals surface area (Å²) >= 11 is 0. The number of amides is 2. The molecule has 0 radical (unpaired) electrons. The Balaban J connectivity index is 0. The molecule has 0 bridgehead atoms. The Hall–Kier alpha value is -2.69. The van der Waals surface area contributed by atoms with Crippen molar-refractivity contribution in [1.82, 2.24) is 10.6 Å². The highest BCUT2D eigenvalue weighted by Gasteiger charge is 2.22. The number of aliphatic carboxylic acids is 1. The lowest BCUT2D eigenvalue weighted by Crippen LogP contribution is -2.48. The fourth-order valence-electron chi connectivity index (χ4n) is 1.68. The Bertz CT molecular complexity index is 505. The van der Waals surface area contributed by atoms with E-state index in [1.165, 1.54) is 6.92 Å². The van der Waals surface area contributed by atoms with E-state index in [1.54, 1.807) is 0 Å². The SMILES string of the molecule is CC.CC(=O)C[C@H](NC(=O)CNC(=O)[C@@H](N)CCCN=C(N)N)C(=O)O. The van der Waals surface area contributed by atoms with E-state index in [9.17, 15) is 19.2 Å². The maximum absolute atomic E-state index is 11.7. The monoisotopic (exact) mass is 374 g/mol. The summed E-state index contributed by atoms with van der Waals surface area (Å²) in [6.45, 7) is 5.10. The summed E-state index contributed by atoms with van der Waals surface area (Å²) in [4.78, 5) is 48.9. The van der Waals surface area contributed by atoms with E-state index in [1.807, 2.05) is 13.8 Å². The molecule has 9 N–H and O–H groups in total. The molecule has 0 aromatic rings. The molecule has 0 rings (SSSR count). The molecule has 0 aromatic heterocycles. The van der Waals surface area contributed by atoms with Crippen LogP contribution >= 0.6 is 0 Å². The summed E-state index contributed by atoms with van der Waals surface area (Å²) in [7, 11) is 0. The fraction of sp³-hybridized carbons (Fsp3) is 0.667. The number of rotatable bonds is 11. The van der Waals surface area contributed by atoms with Gasteiger partial charge in [-0.2, -0.15) is 0 Å². The zero-order valence-electron chi connectivity index (χ0n) is 15.4. The van der Waals surface area contributed by atoms with Crippen LogP contribution in [0.3, 0.4) is 0 Å². The molecule has 2 amide bonds. The number of hydrogen-bond donors (Lipinski definition) is 6. The lowest BCUT2D eigenvalue weighted by Gasteiger charge is -2.15. The van der Waals surface area contributed by atoms with Gasteiger partial charge in [-0.15, -0.1) is 0 Å². The Labute approximate surface area is 152 Å². The van der Waals surface area contributed by atoms with Crippen LogP contribution in [0, 0.1) is 0 Å². The number of guanidine groups is 1. The van der Waals surface area contributed by atoms with Crippen LogP contribution in [0.25, 0.3) is 0 Å². The van der Waals surface area contributed by atoms with E-state index in [-0.39, 0.29) is 18.2 Å². The minimum Gasteiger partial charge on any atom is -0.480 e. The number of nitrogens with two attached hydrogens (primary N) is 3. The van der Waals surface area contributed by atoms with E-state index in [0.29, 0.717) is 19.4 Å². The van der Waals surface area contributed by atoms with Gasteiger partial charge in [0.15, 0.2) is 5.96 Å². The minimum absolute atomic E-state index is 0.0526. The first kappa shape index (κ1) is 25.5. The average molecular weight is 374 g/mol. The molecule has 11 heteroatoms. The number of ketones is 1. The number of carboxylic acids is 1. The first-order valence-electron chi connectivity index (χ1n) is 8.23. The third-order valence-corrected chi connectivity index (χ3v) is 2.85. The van der Waals surface area contributed by atoms with E-state index in [0.717, 1.165) is 0 Å². The van der Waals surface area contributed by atoms with Gasteiger partial charge in [0.2, 0.25) is 11.8 Å². The van der Waals surface area contributed by atoms with Gasteiger partial charge in [-0.3, -0.25) is 19.4 Å². The lowest BCUT2D eigenvalue weighted by atomic mass is 10.1. The van der Waals surface area contributed by atoms with Crippen LogP contribution in [-0.4, -0.2) is 59.8 Å². The summed E-state index contributed by atoms with van der Waals surface area (Å²) in [5, 5.41) is 13.3. The molecule has 0 unspecified atom stereocenters. The summed E-state index contributed by atoms with van der Waals surface area (Å²) < 4.78 is 0. The number of aliphatic imine (C=N–C) groups is 1. The van der Waals surface area contributed by atoms with Gasteiger partial charge in [-0.25, -0.2) is 4.79 Å². The van der Waals surface area contributed by atoms with E-state index < -0.39 is 36.4 Å². The second-order valence-electron chi connectivity index (χ2n) is 5.14. The number of carboxylic acid groups (broad SMARTS) is 1. The second kappa shape index (κ2) is 14.6. The molecule has 11 nitrogen and oxygen atoms in total. The van der Waals surface area contributed by atoms with E-state index in [2.05, 4.69) is 15.6 Å². The van der Waals surface area contributed by atoms with Gasteiger partial charge < -0.3 is 32.9 Å². The topological polar surface area (TPSA) is 203 Å². The predicted molar refractivity (Wildman–Crippen MR) is 97.1 cm³/mol. The molecular formula is C15H30N6O5. The zero-order chi connectivity index (χ0) is 20.7. The number of nitrogens with one attached hydrogen (secondary N) is 2. The van der Waals surface area contributed by atoms with Crippen molar-refractivity contribution >= 4 is 29.5 Å². The summed E-state index contributed by atoms with van der Waals surface area (Å²) in [6.07, 6.45) is 0.462. The number of carbonyl (C=O) groups excluding carboxylic acids is 3. The van der Waals surface area contributed by atoms with Crippen molar-refractivity contribution in [2.24, 2.45) is 22.2 Å². The molecule has 2 atom stereocenters. The van der Waals surface area contributed by atoms with Crippen LogP contribution in [0.15, 0.2) is 4.99 Å². The Morgan fingerprint density at radius 1 is 1.15 bits per heavy atom. The summed E-state index contributed by atoms with van der Waals surface area (Å²) in [5.74, 6) is -3.06. The summed E-state index contributed by atoms with van der Waals surface area (Å²) in [5.41, 5.74) is 15.9. The van der Waals surface area contributed by atoms with Crippen molar-refractivity contribution in [2.45, 2.75) is 52.1 Å². The minimum atomic E-state index is -1.33. The van der Waals surface area contributed by atoms with Gasteiger partial charge >= 0.3 is 5.97 Å². The van der Waals surface area contributed by atoms with Crippen molar-refractivity contribution in [1.29, 1.82) is 0 Å². The molecule has 0 saturated carbocycles. The first-order valence-corrected chi connectivity index (χ1v) is 8.23. The smallest absolute Gasteiger partial charge is 0.326 e.